The third kappa shape index (κ3) is 9.97. The highest BCUT2D eigenvalue weighted by Crippen LogP contribution is 2.26. The Morgan fingerprint density at radius 2 is 1.41 bits per heavy atom. The van der Waals surface area contributed by atoms with Gasteiger partial charge in [0.25, 0.3) is 0 Å². The van der Waals surface area contributed by atoms with E-state index < -0.39 is 28.5 Å². The fourth-order valence-corrected chi connectivity index (χ4v) is 6.00. The van der Waals surface area contributed by atoms with Crippen molar-refractivity contribution < 1.29 is 22.7 Å². The maximum absolute atomic E-state index is 14.2. The van der Waals surface area contributed by atoms with E-state index in [1.807, 2.05) is 74.5 Å². The summed E-state index contributed by atoms with van der Waals surface area (Å²) in [6, 6.07) is 29.3. The van der Waals surface area contributed by atoms with Gasteiger partial charge < -0.3 is 15.0 Å². The van der Waals surface area contributed by atoms with Crippen molar-refractivity contribution in [2.45, 2.75) is 45.5 Å². The number of nitrogens with zero attached hydrogens (tertiary/aromatic N) is 2. The molecule has 2 amide bonds. The van der Waals surface area contributed by atoms with E-state index in [4.69, 9.17) is 27.9 Å². The van der Waals surface area contributed by atoms with Crippen molar-refractivity contribution in [3.05, 3.63) is 130 Å². The number of hydrogen-bond donors (Lipinski definition) is 1. The summed E-state index contributed by atoms with van der Waals surface area (Å²) in [5.41, 5.74) is 2.74. The van der Waals surface area contributed by atoms with Crippen LogP contribution in [0.1, 0.15) is 30.5 Å². The molecule has 242 valence electrons. The summed E-state index contributed by atoms with van der Waals surface area (Å²) < 4.78 is 33.0. The zero-order chi connectivity index (χ0) is 33.3. The number of anilines is 1. The molecule has 0 saturated carbocycles. The van der Waals surface area contributed by atoms with Gasteiger partial charge in [0, 0.05) is 19.0 Å². The van der Waals surface area contributed by atoms with Gasteiger partial charge in [0.15, 0.2) is 0 Å². The van der Waals surface area contributed by atoms with Crippen LogP contribution in [0.2, 0.25) is 10.0 Å². The summed E-state index contributed by atoms with van der Waals surface area (Å²) in [4.78, 5) is 29.3. The molecule has 0 saturated heterocycles. The predicted molar refractivity (Wildman–Crippen MR) is 184 cm³/mol. The Balaban J connectivity index is 1.65. The third-order valence-corrected chi connectivity index (χ3v) is 8.97. The van der Waals surface area contributed by atoms with Crippen molar-refractivity contribution in [2.24, 2.45) is 0 Å². The molecule has 0 aliphatic carbocycles. The number of amides is 2. The van der Waals surface area contributed by atoms with E-state index in [0.29, 0.717) is 28.0 Å². The van der Waals surface area contributed by atoms with Crippen LogP contribution >= 0.6 is 23.2 Å². The van der Waals surface area contributed by atoms with E-state index in [0.717, 1.165) is 21.7 Å². The van der Waals surface area contributed by atoms with Crippen molar-refractivity contribution in [3.8, 4) is 5.75 Å². The molecule has 1 N–H and O–H groups in total. The van der Waals surface area contributed by atoms with Gasteiger partial charge in [0.1, 0.15) is 24.9 Å². The first-order valence-corrected chi connectivity index (χ1v) is 17.3. The molecule has 0 radical (unpaired) electrons. The van der Waals surface area contributed by atoms with Crippen molar-refractivity contribution in [3.63, 3.8) is 0 Å². The summed E-state index contributed by atoms with van der Waals surface area (Å²) in [5.74, 6) is -0.388. The quantitative estimate of drug-likeness (QED) is 0.164. The number of halogens is 2. The number of nitrogens with one attached hydrogen (secondary N) is 1. The fraction of sp³-hybridized carbons (Fsp3) is 0.257. The van der Waals surface area contributed by atoms with Crippen molar-refractivity contribution >= 4 is 50.7 Å². The summed E-state index contributed by atoms with van der Waals surface area (Å²) in [5, 5.41) is 3.57. The Hall–Kier alpha value is -4.05. The lowest BCUT2D eigenvalue weighted by atomic mass is 10.0. The molecular weight excluding hydrogens is 645 g/mol. The van der Waals surface area contributed by atoms with Gasteiger partial charge in [-0.05, 0) is 66.9 Å². The zero-order valence-corrected chi connectivity index (χ0v) is 28.2. The molecule has 46 heavy (non-hydrogen) atoms. The Bertz CT molecular complexity index is 1720. The Kier molecular flexibility index (Phi) is 12.1. The molecule has 0 unspecified atom stereocenters. The molecule has 11 heteroatoms. The van der Waals surface area contributed by atoms with Crippen LogP contribution in [-0.4, -0.2) is 50.0 Å². The minimum Gasteiger partial charge on any atom is -0.489 e. The third-order valence-electron chi connectivity index (χ3n) is 7.09. The topological polar surface area (TPSA) is 96.0 Å². The zero-order valence-electron chi connectivity index (χ0n) is 25.9. The molecule has 4 aromatic rings. The lowest BCUT2D eigenvalue weighted by Crippen LogP contribution is -2.54. The van der Waals surface area contributed by atoms with Crippen LogP contribution < -0.4 is 14.4 Å². The van der Waals surface area contributed by atoms with Gasteiger partial charge in [-0.25, -0.2) is 8.42 Å². The van der Waals surface area contributed by atoms with E-state index in [9.17, 15) is 18.0 Å². The van der Waals surface area contributed by atoms with Crippen LogP contribution in [0.4, 0.5) is 5.69 Å². The molecule has 0 aliphatic rings. The lowest BCUT2D eigenvalue weighted by molar-refractivity contribution is -0.140. The van der Waals surface area contributed by atoms with Crippen LogP contribution in [0.3, 0.4) is 0 Å². The van der Waals surface area contributed by atoms with Gasteiger partial charge in [-0.1, -0.05) is 89.9 Å². The Morgan fingerprint density at radius 1 is 0.804 bits per heavy atom. The second-order valence-corrected chi connectivity index (χ2v) is 13.9. The van der Waals surface area contributed by atoms with Gasteiger partial charge in [-0.15, -0.1) is 0 Å². The second kappa shape index (κ2) is 16.0. The van der Waals surface area contributed by atoms with Crippen molar-refractivity contribution in [1.82, 2.24) is 10.2 Å². The van der Waals surface area contributed by atoms with Crippen molar-refractivity contribution in [1.29, 1.82) is 0 Å². The minimum atomic E-state index is -3.92. The number of sulfonamides is 1. The molecule has 8 nitrogen and oxygen atoms in total. The maximum atomic E-state index is 14.2. The summed E-state index contributed by atoms with van der Waals surface area (Å²) in [6.45, 7) is 3.47. The van der Waals surface area contributed by atoms with E-state index in [1.165, 1.54) is 4.90 Å². The standard InChI is InChI=1S/C35H37Cl2N3O5S/c1-25(2)38-35(42)33(21-26-10-6-4-7-11-26)39(22-28-14-19-31(36)32(37)20-28)34(41)23-40(46(3,43)44)29-15-17-30(18-16-29)45-24-27-12-8-5-9-13-27/h4-20,25,33H,21-24H2,1-3H3,(H,38,42)/t33-/m0/s1. The minimum absolute atomic E-state index is 0.0113. The summed E-state index contributed by atoms with van der Waals surface area (Å²) >= 11 is 12.4. The average molecular weight is 683 g/mol. The normalized spacial score (nSPS) is 12.0. The van der Waals surface area contributed by atoms with Gasteiger partial charge >= 0.3 is 0 Å². The monoisotopic (exact) mass is 681 g/mol. The van der Waals surface area contributed by atoms with Gasteiger partial charge in [0.05, 0.1) is 22.0 Å². The molecule has 4 aromatic carbocycles. The van der Waals surface area contributed by atoms with Gasteiger partial charge in [-0.2, -0.15) is 0 Å². The lowest BCUT2D eigenvalue weighted by Gasteiger charge is -2.34. The van der Waals surface area contributed by atoms with E-state index >= 15 is 0 Å². The molecular formula is C35H37Cl2N3O5S. The summed E-state index contributed by atoms with van der Waals surface area (Å²) in [7, 11) is -3.92. The Morgan fingerprint density at radius 3 is 1.98 bits per heavy atom. The number of carbonyl (C=O) groups is 2. The van der Waals surface area contributed by atoms with Crippen LogP contribution in [0, 0.1) is 0 Å². The smallest absolute Gasteiger partial charge is 0.244 e. The molecule has 0 bridgehead atoms. The van der Waals surface area contributed by atoms with Crippen LogP contribution in [0.15, 0.2) is 103 Å². The predicted octanol–water partition coefficient (Wildman–Crippen LogP) is 6.50. The van der Waals surface area contributed by atoms with Gasteiger partial charge in [0.2, 0.25) is 21.8 Å². The van der Waals surface area contributed by atoms with Crippen LogP contribution in [-0.2, 0) is 39.2 Å². The first kappa shape index (κ1) is 34.8. The van der Waals surface area contributed by atoms with Gasteiger partial charge in [-0.3, -0.25) is 13.9 Å². The first-order chi connectivity index (χ1) is 21.9. The largest absolute Gasteiger partial charge is 0.489 e. The SMILES string of the molecule is CC(C)NC(=O)[C@H](Cc1ccccc1)N(Cc1ccc(Cl)c(Cl)c1)C(=O)CN(c1ccc(OCc2ccccc2)cc1)S(C)(=O)=O. The number of benzene rings is 4. The van der Waals surface area contributed by atoms with E-state index in [1.54, 1.807) is 42.5 Å². The number of carbonyl (C=O) groups excluding carboxylic acids is 2. The number of ether oxygens (including phenoxy) is 1. The molecule has 1 atom stereocenters. The maximum Gasteiger partial charge on any atom is 0.244 e. The number of hydrogen-bond acceptors (Lipinski definition) is 5. The highest BCUT2D eigenvalue weighted by Gasteiger charge is 2.33. The molecule has 0 heterocycles. The fourth-order valence-electron chi connectivity index (χ4n) is 4.83. The van der Waals surface area contributed by atoms with Crippen LogP contribution in [0.5, 0.6) is 5.75 Å². The summed E-state index contributed by atoms with van der Waals surface area (Å²) in [6.07, 6.45) is 1.25. The Labute approximate surface area is 280 Å². The van der Waals surface area contributed by atoms with E-state index in [2.05, 4.69) is 5.32 Å². The molecule has 0 fully saturated rings. The molecule has 4 rings (SSSR count). The highest BCUT2D eigenvalue weighted by molar-refractivity contribution is 7.92. The highest BCUT2D eigenvalue weighted by atomic mass is 35.5. The average Bonchev–Trinajstić information content (AvgIpc) is 3.02. The second-order valence-electron chi connectivity index (χ2n) is 11.2. The number of rotatable bonds is 14. The van der Waals surface area contributed by atoms with Crippen LogP contribution in [0.25, 0.3) is 0 Å². The molecule has 0 spiro atoms. The molecule has 0 aromatic heterocycles. The van der Waals surface area contributed by atoms with Crippen molar-refractivity contribution in [2.75, 3.05) is 17.1 Å². The molecule has 0 aliphatic heterocycles. The first-order valence-electron chi connectivity index (χ1n) is 14.7. The van der Waals surface area contributed by atoms with E-state index in [-0.39, 0.29) is 30.6 Å².